The molecule has 2 fully saturated rings. The maximum absolute atomic E-state index is 5.81. The maximum Gasteiger partial charge on any atom is 0.191 e. The van der Waals surface area contributed by atoms with Crippen molar-refractivity contribution in [3.8, 4) is 0 Å². The van der Waals surface area contributed by atoms with Crippen LogP contribution < -0.4 is 10.6 Å². The summed E-state index contributed by atoms with van der Waals surface area (Å²) in [7, 11) is 0. The normalized spacial score (nSPS) is 19.5. The third-order valence-electron chi connectivity index (χ3n) is 5.64. The van der Waals surface area contributed by atoms with Crippen molar-refractivity contribution < 1.29 is 9.47 Å². The second-order valence-electron chi connectivity index (χ2n) is 7.91. The van der Waals surface area contributed by atoms with Crippen molar-refractivity contribution in [3.63, 3.8) is 0 Å². The molecule has 3 rings (SSSR count). The number of hydrogen-bond acceptors (Lipinski definition) is 6. The van der Waals surface area contributed by atoms with Crippen LogP contribution in [0.1, 0.15) is 63.7 Å². The molecule has 0 radical (unpaired) electrons. The first-order valence-corrected chi connectivity index (χ1v) is 12.7. The smallest absolute Gasteiger partial charge is 0.191 e. The van der Waals surface area contributed by atoms with Crippen LogP contribution in [0.25, 0.3) is 0 Å². The minimum atomic E-state index is 0. The minimum absolute atomic E-state index is 0. The summed E-state index contributed by atoms with van der Waals surface area (Å²) in [6, 6.07) is 0.581. The number of guanidine groups is 1. The number of aliphatic imine (C=N–C) groups is 1. The molecule has 2 heterocycles. The number of thioether (sulfide) groups is 1. The van der Waals surface area contributed by atoms with E-state index in [1.807, 2.05) is 0 Å². The van der Waals surface area contributed by atoms with Gasteiger partial charge in [0.1, 0.15) is 5.82 Å². The molecule has 1 atom stereocenters. The fraction of sp³-hybridized carbons (Fsp3) is 0.857. The molecule has 0 aromatic carbocycles. The van der Waals surface area contributed by atoms with E-state index in [9.17, 15) is 0 Å². The summed E-state index contributed by atoms with van der Waals surface area (Å²) in [5.74, 6) is 2.00. The molecule has 178 valence electrons. The SMILES string of the molecule is CCNC(=NCCCc1nnc(SC)n1C1CCCC1)NCCCOC1CCOC1.I. The molecule has 1 unspecified atom stereocenters. The number of rotatable bonds is 12. The molecule has 1 aliphatic heterocycles. The minimum Gasteiger partial charge on any atom is -0.379 e. The van der Waals surface area contributed by atoms with E-state index < -0.39 is 0 Å². The highest BCUT2D eigenvalue weighted by Gasteiger charge is 2.23. The Hall–Kier alpha value is -0.590. The maximum atomic E-state index is 5.81. The number of ether oxygens (including phenoxy) is 2. The summed E-state index contributed by atoms with van der Waals surface area (Å²) in [6.45, 7) is 6.91. The van der Waals surface area contributed by atoms with Gasteiger partial charge in [0.25, 0.3) is 0 Å². The Morgan fingerprint density at radius 3 is 2.77 bits per heavy atom. The van der Waals surface area contributed by atoms with Gasteiger partial charge in [-0.25, -0.2) is 0 Å². The first-order chi connectivity index (χ1) is 14.8. The Balaban J connectivity index is 0.00000341. The van der Waals surface area contributed by atoms with Crippen molar-refractivity contribution in [2.24, 2.45) is 4.99 Å². The van der Waals surface area contributed by atoms with E-state index in [4.69, 9.17) is 14.5 Å². The lowest BCUT2D eigenvalue weighted by Crippen LogP contribution is -2.38. The fourth-order valence-corrected chi connectivity index (χ4v) is 4.66. The molecule has 0 spiro atoms. The van der Waals surface area contributed by atoms with Gasteiger partial charge in [-0.1, -0.05) is 24.6 Å². The lowest BCUT2D eigenvalue weighted by atomic mass is 10.2. The number of nitrogens with zero attached hydrogens (tertiary/aromatic N) is 4. The van der Waals surface area contributed by atoms with Crippen LogP contribution in [0, 0.1) is 0 Å². The molecule has 1 saturated carbocycles. The number of halogens is 1. The number of hydrogen-bond donors (Lipinski definition) is 2. The third-order valence-corrected chi connectivity index (χ3v) is 6.28. The predicted molar refractivity (Wildman–Crippen MR) is 137 cm³/mol. The molecule has 0 amide bonds. The first kappa shape index (κ1) is 26.7. The highest BCUT2D eigenvalue weighted by molar-refractivity contribution is 14.0. The molecule has 31 heavy (non-hydrogen) atoms. The van der Waals surface area contributed by atoms with Gasteiger partial charge < -0.3 is 24.7 Å². The van der Waals surface area contributed by atoms with Gasteiger partial charge in [-0.05, 0) is 45.3 Å². The van der Waals surface area contributed by atoms with Crippen LogP contribution in [0.3, 0.4) is 0 Å². The molecular formula is C21H39IN6O2S. The third kappa shape index (κ3) is 8.70. The fourth-order valence-electron chi connectivity index (χ4n) is 4.09. The number of nitrogens with one attached hydrogen (secondary N) is 2. The molecular weight excluding hydrogens is 527 g/mol. The van der Waals surface area contributed by atoms with Crippen molar-refractivity contribution in [1.29, 1.82) is 0 Å². The monoisotopic (exact) mass is 566 g/mol. The summed E-state index contributed by atoms with van der Waals surface area (Å²) in [5.41, 5.74) is 0. The summed E-state index contributed by atoms with van der Waals surface area (Å²) >= 11 is 1.70. The Kier molecular flexibility index (Phi) is 13.1. The van der Waals surface area contributed by atoms with Gasteiger partial charge in [-0.15, -0.1) is 34.2 Å². The average molecular weight is 567 g/mol. The Morgan fingerprint density at radius 2 is 2.06 bits per heavy atom. The molecule has 0 bridgehead atoms. The summed E-state index contributed by atoms with van der Waals surface area (Å²) in [4.78, 5) is 4.73. The summed E-state index contributed by atoms with van der Waals surface area (Å²) < 4.78 is 13.5. The van der Waals surface area contributed by atoms with Gasteiger partial charge in [-0.3, -0.25) is 4.99 Å². The lowest BCUT2D eigenvalue weighted by Gasteiger charge is -2.16. The standard InChI is InChI=1S/C21H38N6O2S.HI/c1-3-22-20(24-13-7-14-29-18-11-15-28-16-18)23-12-6-10-19-25-26-21(30-2)27(19)17-8-4-5-9-17;/h17-18H,3-16H2,1-2H3,(H2,22,23,24);1H. The van der Waals surface area contributed by atoms with Crippen molar-refractivity contribution >= 4 is 41.7 Å². The molecule has 2 aliphatic rings. The molecule has 1 aromatic heterocycles. The highest BCUT2D eigenvalue weighted by atomic mass is 127. The van der Waals surface area contributed by atoms with Gasteiger partial charge in [0.15, 0.2) is 11.1 Å². The highest BCUT2D eigenvalue weighted by Crippen LogP contribution is 2.33. The van der Waals surface area contributed by atoms with Gasteiger partial charge in [0, 0.05) is 45.3 Å². The summed E-state index contributed by atoms with van der Waals surface area (Å²) in [6.07, 6.45) is 11.4. The zero-order chi connectivity index (χ0) is 21.0. The zero-order valence-electron chi connectivity index (χ0n) is 19.0. The van der Waals surface area contributed by atoms with E-state index >= 15 is 0 Å². The van der Waals surface area contributed by atoms with Crippen molar-refractivity contribution in [2.75, 3.05) is 45.7 Å². The van der Waals surface area contributed by atoms with Crippen LogP contribution >= 0.6 is 35.7 Å². The van der Waals surface area contributed by atoms with Crippen LogP contribution in [0.15, 0.2) is 10.1 Å². The molecule has 8 nitrogen and oxygen atoms in total. The second kappa shape index (κ2) is 15.3. The van der Waals surface area contributed by atoms with Crippen LogP contribution in [-0.4, -0.2) is 72.5 Å². The van der Waals surface area contributed by atoms with Crippen molar-refractivity contribution in [2.45, 2.75) is 75.6 Å². The molecule has 2 N–H and O–H groups in total. The van der Waals surface area contributed by atoms with Crippen LogP contribution in [0.4, 0.5) is 0 Å². The van der Waals surface area contributed by atoms with E-state index in [0.717, 1.165) is 82.1 Å². The summed E-state index contributed by atoms with van der Waals surface area (Å²) in [5, 5.41) is 16.7. The quantitative estimate of drug-likeness (QED) is 0.132. The van der Waals surface area contributed by atoms with Gasteiger partial charge >= 0.3 is 0 Å². The average Bonchev–Trinajstić information content (AvgIpc) is 3.52. The first-order valence-electron chi connectivity index (χ1n) is 11.5. The number of aryl methyl sites for hydroxylation is 1. The Morgan fingerprint density at radius 1 is 1.23 bits per heavy atom. The molecule has 1 aliphatic carbocycles. The van der Waals surface area contributed by atoms with Crippen LogP contribution in [0.5, 0.6) is 0 Å². The van der Waals surface area contributed by atoms with E-state index in [1.54, 1.807) is 11.8 Å². The molecule has 1 aromatic rings. The van der Waals surface area contributed by atoms with E-state index in [-0.39, 0.29) is 30.1 Å². The topological polar surface area (TPSA) is 85.6 Å². The lowest BCUT2D eigenvalue weighted by molar-refractivity contribution is 0.0420. The van der Waals surface area contributed by atoms with Gasteiger partial charge in [-0.2, -0.15) is 0 Å². The van der Waals surface area contributed by atoms with Crippen LogP contribution in [0.2, 0.25) is 0 Å². The number of aromatic nitrogens is 3. The molecule has 10 heteroatoms. The van der Waals surface area contributed by atoms with E-state index in [0.29, 0.717) is 6.04 Å². The van der Waals surface area contributed by atoms with Gasteiger partial charge in [0.2, 0.25) is 0 Å². The predicted octanol–water partition coefficient (Wildman–Crippen LogP) is 3.42. The molecule has 1 saturated heterocycles. The van der Waals surface area contributed by atoms with E-state index in [1.165, 1.54) is 25.7 Å². The Bertz CT molecular complexity index is 648. The van der Waals surface area contributed by atoms with Gasteiger partial charge in [0.05, 0.1) is 12.7 Å². The van der Waals surface area contributed by atoms with Crippen molar-refractivity contribution in [3.05, 3.63) is 5.82 Å². The second-order valence-corrected chi connectivity index (χ2v) is 8.69. The Labute approximate surface area is 208 Å². The zero-order valence-corrected chi connectivity index (χ0v) is 22.1. The van der Waals surface area contributed by atoms with Crippen LogP contribution in [-0.2, 0) is 15.9 Å². The van der Waals surface area contributed by atoms with E-state index in [2.05, 4.69) is 38.6 Å². The largest absolute Gasteiger partial charge is 0.379 e. The van der Waals surface area contributed by atoms with Crippen molar-refractivity contribution in [1.82, 2.24) is 25.4 Å².